The number of aryl methyl sites for hydroxylation is 2. The maximum absolute atomic E-state index is 14.2. The Kier molecular flexibility index (Phi) is 7.45. The highest BCUT2D eigenvalue weighted by atomic mass is 35.5. The molecule has 0 N–H and O–H groups in total. The highest BCUT2D eigenvalue weighted by Gasteiger charge is 2.23. The summed E-state index contributed by atoms with van der Waals surface area (Å²) in [5, 5.41) is 0.562. The van der Waals surface area contributed by atoms with Gasteiger partial charge >= 0.3 is 0 Å². The fraction of sp³-hybridized carbons (Fsp3) is 0.391. The normalized spacial score (nSPS) is 13.2. The van der Waals surface area contributed by atoms with Crippen LogP contribution in [0.2, 0.25) is 0 Å². The Hall–Kier alpha value is -2.02. The van der Waals surface area contributed by atoms with Crippen LogP contribution in [-0.2, 0) is 12.8 Å². The van der Waals surface area contributed by atoms with Crippen LogP contribution in [0.15, 0.2) is 36.4 Å². The average molecular weight is 447 g/mol. The predicted molar refractivity (Wildman–Crippen MR) is 118 cm³/mol. The molecule has 4 rings (SSSR count). The molecule has 0 spiro atoms. The first kappa shape index (κ1) is 22.7. The molecule has 160 valence electrons. The zero-order chi connectivity index (χ0) is 20.4. The molecule has 0 atom stereocenters. The number of anilines is 1. The summed E-state index contributed by atoms with van der Waals surface area (Å²) in [6, 6.07) is 11.0. The van der Waals surface area contributed by atoms with Crippen molar-refractivity contribution in [2.24, 2.45) is 0 Å². The Morgan fingerprint density at radius 1 is 1.10 bits per heavy atom. The summed E-state index contributed by atoms with van der Waals surface area (Å²) >= 11 is 1.37. The molecule has 30 heavy (non-hydrogen) atoms. The second kappa shape index (κ2) is 9.86. The van der Waals surface area contributed by atoms with Gasteiger partial charge in [0.25, 0.3) is 5.91 Å². The predicted octanol–water partition coefficient (Wildman–Crippen LogP) is 1.92. The number of rotatable bonds is 6. The smallest absolute Gasteiger partial charge is 0.260 e. The number of hydrogen-bond acceptors (Lipinski definition) is 4. The van der Waals surface area contributed by atoms with Crippen molar-refractivity contribution >= 4 is 32.6 Å². The molecule has 4 nitrogen and oxygen atoms in total. The molecular formula is C23H26ClFN3OS-. The lowest BCUT2D eigenvalue weighted by Crippen LogP contribution is -3.00. The van der Waals surface area contributed by atoms with Crippen LogP contribution in [0.4, 0.5) is 9.52 Å². The minimum atomic E-state index is -0.348. The Labute approximate surface area is 187 Å². The van der Waals surface area contributed by atoms with Gasteiger partial charge in [-0.1, -0.05) is 23.5 Å². The van der Waals surface area contributed by atoms with Crippen LogP contribution in [0.1, 0.15) is 40.7 Å². The van der Waals surface area contributed by atoms with E-state index in [2.05, 4.69) is 16.0 Å². The maximum atomic E-state index is 14.2. The van der Waals surface area contributed by atoms with Gasteiger partial charge < -0.3 is 17.3 Å². The van der Waals surface area contributed by atoms with Crippen LogP contribution in [0.25, 0.3) is 10.2 Å². The molecule has 3 aromatic rings. The number of amides is 1. The van der Waals surface area contributed by atoms with Crippen molar-refractivity contribution in [2.45, 2.75) is 32.1 Å². The van der Waals surface area contributed by atoms with E-state index >= 15 is 0 Å². The van der Waals surface area contributed by atoms with Gasteiger partial charge in [-0.05, 0) is 88.1 Å². The lowest BCUT2D eigenvalue weighted by molar-refractivity contribution is -0.0000141. The average Bonchev–Trinajstić information content (AvgIpc) is 3.15. The summed E-state index contributed by atoms with van der Waals surface area (Å²) in [6.07, 6.45) is 5.33. The van der Waals surface area contributed by atoms with E-state index in [9.17, 15) is 9.18 Å². The van der Waals surface area contributed by atoms with E-state index in [1.807, 2.05) is 32.3 Å². The topological polar surface area (TPSA) is 36.4 Å². The largest absolute Gasteiger partial charge is 1.00 e. The first-order valence-corrected chi connectivity index (χ1v) is 11.0. The third-order valence-corrected chi connectivity index (χ3v) is 6.46. The van der Waals surface area contributed by atoms with Gasteiger partial charge in [-0.25, -0.2) is 9.37 Å². The number of carbonyl (C=O) groups excluding carboxylic acids is 1. The van der Waals surface area contributed by atoms with Crippen molar-refractivity contribution < 1.29 is 21.6 Å². The monoisotopic (exact) mass is 446 g/mol. The maximum Gasteiger partial charge on any atom is 0.260 e. The van der Waals surface area contributed by atoms with Gasteiger partial charge in [0.1, 0.15) is 11.3 Å². The van der Waals surface area contributed by atoms with E-state index in [0.717, 1.165) is 30.5 Å². The van der Waals surface area contributed by atoms with Crippen molar-refractivity contribution in [3.05, 3.63) is 58.9 Å². The van der Waals surface area contributed by atoms with Crippen molar-refractivity contribution in [2.75, 3.05) is 32.1 Å². The lowest BCUT2D eigenvalue weighted by atomic mass is 9.90. The van der Waals surface area contributed by atoms with Crippen LogP contribution in [-0.4, -0.2) is 43.0 Å². The summed E-state index contributed by atoms with van der Waals surface area (Å²) in [5.74, 6) is -0.406. The molecule has 0 unspecified atom stereocenters. The molecule has 1 amide bonds. The summed E-state index contributed by atoms with van der Waals surface area (Å²) in [7, 11) is 4.03. The number of hydrogen-bond donors (Lipinski definition) is 0. The lowest BCUT2D eigenvalue weighted by Gasteiger charge is -2.22. The van der Waals surface area contributed by atoms with Crippen molar-refractivity contribution in [3.63, 3.8) is 0 Å². The molecule has 0 saturated carbocycles. The Morgan fingerprint density at radius 3 is 2.60 bits per heavy atom. The fourth-order valence-corrected chi connectivity index (χ4v) is 4.87. The van der Waals surface area contributed by atoms with Crippen molar-refractivity contribution in [3.8, 4) is 0 Å². The number of nitrogens with zero attached hydrogens (tertiary/aromatic N) is 3. The number of aromatic nitrogens is 1. The van der Waals surface area contributed by atoms with E-state index in [1.165, 1.54) is 41.4 Å². The van der Waals surface area contributed by atoms with Crippen LogP contribution in [0.5, 0.6) is 0 Å². The first-order chi connectivity index (χ1) is 14.0. The quantitative estimate of drug-likeness (QED) is 0.580. The van der Waals surface area contributed by atoms with E-state index in [0.29, 0.717) is 22.8 Å². The SMILES string of the molecule is CN(C)CCCN(C(=O)c1ccc2c(c1)CCCC2)c1nc2c(F)cccc2s1.[Cl-]. The molecule has 0 radical (unpaired) electrons. The second-order valence-corrected chi connectivity index (χ2v) is 8.90. The molecule has 0 saturated heterocycles. The van der Waals surface area contributed by atoms with Gasteiger partial charge in [0.05, 0.1) is 4.70 Å². The number of halogens is 2. The van der Waals surface area contributed by atoms with Gasteiger partial charge in [-0.15, -0.1) is 0 Å². The molecule has 1 heterocycles. The molecule has 7 heteroatoms. The minimum absolute atomic E-state index is 0. The van der Waals surface area contributed by atoms with Gasteiger partial charge in [-0.3, -0.25) is 9.69 Å². The number of fused-ring (bicyclic) bond motifs is 2. The van der Waals surface area contributed by atoms with Crippen LogP contribution < -0.4 is 17.3 Å². The van der Waals surface area contributed by atoms with E-state index in [1.54, 1.807) is 11.0 Å². The fourth-order valence-electron chi connectivity index (χ4n) is 3.87. The number of thiazole rings is 1. The molecule has 0 bridgehead atoms. The number of carbonyl (C=O) groups is 1. The van der Waals surface area contributed by atoms with Crippen LogP contribution >= 0.6 is 11.3 Å². The molecule has 1 aromatic heterocycles. The van der Waals surface area contributed by atoms with Crippen LogP contribution in [0.3, 0.4) is 0 Å². The Morgan fingerprint density at radius 2 is 1.87 bits per heavy atom. The highest BCUT2D eigenvalue weighted by Crippen LogP contribution is 2.32. The van der Waals surface area contributed by atoms with Gasteiger partial charge in [0, 0.05) is 12.1 Å². The molecular weight excluding hydrogens is 421 g/mol. The molecule has 1 aliphatic rings. The second-order valence-electron chi connectivity index (χ2n) is 7.89. The number of para-hydroxylation sites is 1. The minimum Gasteiger partial charge on any atom is -1.00 e. The van der Waals surface area contributed by atoms with Gasteiger partial charge in [0.15, 0.2) is 5.13 Å². The third kappa shape index (κ3) is 4.82. The van der Waals surface area contributed by atoms with Crippen molar-refractivity contribution in [1.82, 2.24) is 9.88 Å². The molecule has 0 aliphatic heterocycles. The molecule has 1 aliphatic carbocycles. The Balaban J connectivity index is 0.00000256. The van der Waals surface area contributed by atoms with Crippen LogP contribution in [0, 0.1) is 5.82 Å². The van der Waals surface area contributed by atoms with Gasteiger partial charge in [-0.2, -0.15) is 0 Å². The first-order valence-electron chi connectivity index (χ1n) is 10.2. The summed E-state index contributed by atoms with van der Waals surface area (Å²) in [5.41, 5.74) is 3.67. The highest BCUT2D eigenvalue weighted by molar-refractivity contribution is 7.22. The van der Waals surface area contributed by atoms with Crippen molar-refractivity contribution in [1.29, 1.82) is 0 Å². The molecule has 0 fully saturated rings. The zero-order valence-corrected chi connectivity index (χ0v) is 18.9. The Bertz CT molecular complexity index is 1040. The molecule has 2 aromatic carbocycles. The van der Waals surface area contributed by atoms with Gasteiger partial charge in [0.2, 0.25) is 0 Å². The summed E-state index contributed by atoms with van der Waals surface area (Å²) < 4.78 is 14.9. The summed E-state index contributed by atoms with van der Waals surface area (Å²) in [6.45, 7) is 1.42. The summed E-state index contributed by atoms with van der Waals surface area (Å²) in [4.78, 5) is 21.8. The van der Waals surface area contributed by atoms with E-state index < -0.39 is 0 Å². The zero-order valence-electron chi connectivity index (χ0n) is 17.3. The number of benzene rings is 2. The van der Waals surface area contributed by atoms with E-state index in [4.69, 9.17) is 0 Å². The van der Waals surface area contributed by atoms with E-state index in [-0.39, 0.29) is 24.1 Å². The third-order valence-electron chi connectivity index (χ3n) is 5.42. The standard InChI is InChI=1S/C23H26FN3OS.ClH/c1-26(2)13-6-14-27(23-25-21-19(24)9-5-10-20(21)29-23)22(28)18-12-11-16-7-3-4-8-17(16)15-18;/h5,9-12,15H,3-4,6-8,13-14H2,1-2H3;1H/p-1.